The lowest BCUT2D eigenvalue weighted by molar-refractivity contribution is 0.0696. The molecule has 1 fully saturated rings. The van der Waals surface area contributed by atoms with E-state index in [0.717, 1.165) is 37.8 Å². The van der Waals surface area contributed by atoms with Crippen molar-refractivity contribution in [1.82, 2.24) is 4.90 Å². The monoisotopic (exact) mass is 275 g/mol. The number of aryl methyl sites for hydroxylation is 1. The fourth-order valence-electron chi connectivity index (χ4n) is 2.93. The first-order valence-corrected chi connectivity index (χ1v) is 7.19. The highest BCUT2D eigenvalue weighted by Crippen LogP contribution is 2.24. The summed E-state index contributed by atoms with van der Waals surface area (Å²) in [7, 11) is 0. The van der Waals surface area contributed by atoms with Gasteiger partial charge in [0.15, 0.2) is 0 Å². The van der Waals surface area contributed by atoms with Gasteiger partial charge in [-0.25, -0.2) is 4.79 Å². The van der Waals surface area contributed by atoms with Gasteiger partial charge in [0.1, 0.15) is 0 Å². The Morgan fingerprint density at radius 3 is 2.65 bits per heavy atom. The highest BCUT2D eigenvalue weighted by Gasteiger charge is 2.29. The normalized spacial score (nSPS) is 18.3. The summed E-state index contributed by atoms with van der Waals surface area (Å²) in [6.45, 7) is 4.72. The Bertz CT molecular complexity index is 524. The molecule has 0 radical (unpaired) electrons. The molecule has 108 valence electrons. The SMILES string of the molecule is CCC[C@H]1CCCN1C(=O)c1cc(C)cc(C(=O)O)c1. The minimum Gasteiger partial charge on any atom is -0.478 e. The molecule has 1 aromatic carbocycles. The van der Waals surface area contributed by atoms with E-state index in [1.54, 1.807) is 12.1 Å². The van der Waals surface area contributed by atoms with Crippen LogP contribution in [0, 0.1) is 6.92 Å². The number of nitrogens with zero attached hydrogens (tertiary/aromatic N) is 1. The summed E-state index contributed by atoms with van der Waals surface area (Å²) in [6.07, 6.45) is 4.16. The topological polar surface area (TPSA) is 57.6 Å². The van der Waals surface area contributed by atoms with E-state index < -0.39 is 5.97 Å². The standard InChI is InChI=1S/C16H21NO3/c1-3-5-14-6-4-7-17(14)15(18)12-8-11(2)9-13(10-12)16(19)20/h8-10,14H,3-7H2,1-2H3,(H,19,20)/t14-/m0/s1. The molecule has 4 heteroatoms. The molecule has 0 unspecified atom stereocenters. The Hall–Kier alpha value is -1.84. The molecule has 0 aromatic heterocycles. The number of hydrogen-bond acceptors (Lipinski definition) is 2. The molecule has 0 bridgehead atoms. The first kappa shape index (κ1) is 14.6. The molecule has 1 N–H and O–H groups in total. The van der Waals surface area contributed by atoms with Crippen LogP contribution in [0.4, 0.5) is 0 Å². The maximum atomic E-state index is 12.6. The zero-order chi connectivity index (χ0) is 14.7. The van der Waals surface area contributed by atoms with E-state index in [0.29, 0.717) is 11.6 Å². The zero-order valence-electron chi connectivity index (χ0n) is 12.1. The second-order valence-electron chi connectivity index (χ2n) is 5.48. The van der Waals surface area contributed by atoms with Gasteiger partial charge in [-0.1, -0.05) is 13.3 Å². The van der Waals surface area contributed by atoms with Gasteiger partial charge in [0.2, 0.25) is 0 Å². The minimum atomic E-state index is -0.991. The summed E-state index contributed by atoms with van der Waals surface area (Å²) >= 11 is 0. The smallest absolute Gasteiger partial charge is 0.335 e. The van der Waals surface area contributed by atoms with Crippen molar-refractivity contribution in [3.05, 3.63) is 34.9 Å². The number of carbonyl (C=O) groups is 2. The van der Waals surface area contributed by atoms with Crippen molar-refractivity contribution in [1.29, 1.82) is 0 Å². The number of hydrogen-bond donors (Lipinski definition) is 1. The highest BCUT2D eigenvalue weighted by molar-refractivity contribution is 5.98. The lowest BCUT2D eigenvalue weighted by atomic mass is 10.0. The van der Waals surface area contributed by atoms with E-state index in [9.17, 15) is 9.59 Å². The maximum Gasteiger partial charge on any atom is 0.335 e. The quantitative estimate of drug-likeness (QED) is 0.918. The molecule has 0 saturated carbocycles. The summed E-state index contributed by atoms with van der Waals surface area (Å²) in [6, 6.07) is 5.16. The van der Waals surface area contributed by atoms with Crippen LogP contribution in [0.25, 0.3) is 0 Å². The van der Waals surface area contributed by atoms with Gasteiger partial charge in [0.25, 0.3) is 5.91 Å². The van der Waals surface area contributed by atoms with Crippen LogP contribution in [-0.2, 0) is 0 Å². The summed E-state index contributed by atoms with van der Waals surface area (Å²) < 4.78 is 0. The summed E-state index contributed by atoms with van der Waals surface area (Å²) in [5, 5.41) is 9.09. The van der Waals surface area contributed by atoms with Crippen LogP contribution in [-0.4, -0.2) is 34.5 Å². The van der Waals surface area contributed by atoms with Gasteiger partial charge in [-0.15, -0.1) is 0 Å². The van der Waals surface area contributed by atoms with E-state index in [-0.39, 0.29) is 11.5 Å². The van der Waals surface area contributed by atoms with Crippen molar-refractivity contribution >= 4 is 11.9 Å². The van der Waals surface area contributed by atoms with Crippen LogP contribution in [0.3, 0.4) is 0 Å². The molecule has 1 saturated heterocycles. The van der Waals surface area contributed by atoms with Crippen LogP contribution < -0.4 is 0 Å². The number of benzene rings is 1. The number of amides is 1. The minimum absolute atomic E-state index is 0.0350. The molecule has 1 atom stereocenters. The van der Waals surface area contributed by atoms with Gasteiger partial charge in [0.05, 0.1) is 5.56 Å². The van der Waals surface area contributed by atoms with Gasteiger partial charge in [0, 0.05) is 18.2 Å². The number of carbonyl (C=O) groups excluding carboxylic acids is 1. The van der Waals surface area contributed by atoms with Crippen LogP contribution in [0.1, 0.15) is 58.9 Å². The Balaban J connectivity index is 2.26. The second kappa shape index (κ2) is 6.07. The number of aromatic carboxylic acids is 1. The van der Waals surface area contributed by atoms with E-state index >= 15 is 0 Å². The van der Waals surface area contributed by atoms with Crippen molar-refractivity contribution in [2.45, 2.75) is 45.6 Å². The van der Waals surface area contributed by atoms with Gasteiger partial charge in [-0.05, 0) is 49.9 Å². The van der Waals surface area contributed by atoms with Gasteiger partial charge in [-0.2, -0.15) is 0 Å². The fourth-order valence-corrected chi connectivity index (χ4v) is 2.93. The highest BCUT2D eigenvalue weighted by atomic mass is 16.4. The first-order valence-electron chi connectivity index (χ1n) is 7.19. The molecule has 1 amide bonds. The van der Waals surface area contributed by atoms with Gasteiger partial charge in [-0.3, -0.25) is 4.79 Å². The van der Waals surface area contributed by atoms with Crippen molar-refractivity contribution in [3.63, 3.8) is 0 Å². The summed E-state index contributed by atoms with van der Waals surface area (Å²) in [5.74, 6) is -1.03. The van der Waals surface area contributed by atoms with Crippen molar-refractivity contribution in [2.75, 3.05) is 6.54 Å². The molecule has 0 spiro atoms. The van der Waals surface area contributed by atoms with E-state index in [4.69, 9.17) is 5.11 Å². The number of rotatable bonds is 4. The predicted molar refractivity (Wildman–Crippen MR) is 77.1 cm³/mol. The lowest BCUT2D eigenvalue weighted by Crippen LogP contribution is -2.35. The predicted octanol–water partition coefficient (Wildman–Crippen LogP) is 3.10. The van der Waals surface area contributed by atoms with Crippen LogP contribution in [0.15, 0.2) is 18.2 Å². The van der Waals surface area contributed by atoms with Crippen molar-refractivity contribution < 1.29 is 14.7 Å². The molecular formula is C16H21NO3. The van der Waals surface area contributed by atoms with Crippen molar-refractivity contribution in [3.8, 4) is 0 Å². The van der Waals surface area contributed by atoms with Crippen LogP contribution in [0.5, 0.6) is 0 Å². The largest absolute Gasteiger partial charge is 0.478 e. The number of carboxylic acid groups (broad SMARTS) is 1. The molecule has 1 aromatic rings. The lowest BCUT2D eigenvalue weighted by Gasteiger charge is -2.24. The van der Waals surface area contributed by atoms with E-state index in [2.05, 4.69) is 6.92 Å². The van der Waals surface area contributed by atoms with Gasteiger partial charge >= 0.3 is 5.97 Å². The molecule has 2 rings (SSSR count). The Morgan fingerprint density at radius 2 is 2.00 bits per heavy atom. The molecule has 0 aliphatic carbocycles. The molecule has 20 heavy (non-hydrogen) atoms. The number of carboxylic acids is 1. The summed E-state index contributed by atoms with van der Waals surface area (Å²) in [4.78, 5) is 25.6. The van der Waals surface area contributed by atoms with E-state index in [1.165, 1.54) is 6.07 Å². The number of likely N-dealkylation sites (tertiary alicyclic amines) is 1. The molecule has 1 heterocycles. The van der Waals surface area contributed by atoms with Crippen LogP contribution >= 0.6 is 0 Å². The average Bonchev–Trinajstić information content (AvgIpc) is 2.85. The van der Waals surface area contributed by atoms with Crippen molar-refractivity contribution in [2.24, 2.45) is 0 Å². The third-order valence-corrected chi connectivity index (χ3v) is 3.83. The first-order chi connectivity index (χ1) is 9.52. The Morgan fingerprint density at radius 1 is 1.30 bits per heavy atom. The molecule has 4 nitrogen and oxygen atoms in total. The maximum absolute atomic E-state index is 12.6. The fraction of sp³-hybridized carbons (Fsp3) is 0.500. The second-order valence-corrected chi connectivity index (χ2v) is 5.48. The Labute approximate surface area is 119 Å². The Kier molecular flexibility index (Phi) is 4.42. The van der Waals surface area contributed by atoms with Gasteiger partial charge < -0.3 is 10.0 Å². The molecule has 1 aliphatic rings. The van der Waals surface area contributed by atoms with E-state index in [1.807, 2.05) is 11.8 Å². The third kappa shape index (κ3) is 3.00. The summed E-state index contributed by atoms with van der Waals surface area (Å²) in [5.41, 5.74) is 1.48. The molecular weight excluding hydrogens is 254 g/mol. The third-order valence-electron chi connectivity index (χ3n) is 3.83. The zero-order valence-corrected chi connectivity index (χ0v) is 12.1. The average molecular weight is 275 g/mol. The van der Waals surface area contributed by atoms with Crippen LogP contribution in [0.2, 0.25) is 0 Å². The molecule has 1 aliphatic heterocycles.